The van der Waals surface area contributed by atoms with Crippen molar-refractivity contribution in [3.05, 3.63) is 54.6 Å². The molecule has 1 fully saturated rings. The Bertz CT molecular complexity index is 752. The zero-order valence-electron chi connectivity index (χ0n) is 16.1. The van der Waals surface area contributed by atoms with Crippen LogP contribution in [0.1, 0.15) is 27.7 Å². The molecular weight excluding hydrogens is 324 g/mol. The van der Waals surface area contributed by atoms with Gasteiger partial charge >= 0.3 is 6.09 Å². The van der Waals surface area contributed by atoms with Gasteiger partial charge in [0.2, 0.25) is 0 Å². The second-order valence-corrected chi connectivity index (χ2v) is 7.89. The standard InChI is InChI=1S/C22H28N2O2/c1-17-16-23(13-14-24(17)21(25)26-22(2,3)4)20-12-8-11-19(15-20)18-9-6-5-7-10-18/h5-12,15,17H,13-14,16H2,1-4H3. The third kappa shape index (κ3) is 4.37. The van der Waals surface area contributed by atoms with Crippen molar-refractivity contribution in [2.45, 2.75) is 39.3 Å². The monoisotopic (exact) mass is 352 g/mol. The highest BCUT2D eigenvalue weighted by atomic mass is 16.6. The Morgan fingerprint density at radius 2 is 1.69 bits per heavy atom. The molecule has 1 amide bonds. The fraction of sp³-hybridized carbons (Fsp3) is 0.409. The highest BCUT2D eigenvalue weighted by molar-refractivity contribution is 5.70. The second-order valence-electron chi connectivity index (χ2n) is 7.89. The third-order valence-electron chi connectivity index (χ3n) is 4.57. The normalized spacial score (nSPS) is 17.9. The lowest BCUT2D eigenvalue weighted by Gasteiger charge is -2.41. The average Bonchev–Trinajstić information content (AvgIpc) is 2.61. The zero-order valence-corrected chi connectivity index (χ0v) is 16.1. The van der Waals surface area contributed by atoms with Gasteiger partial charge in [0.1, 0.15) is 5.60 Å². The number of benzene rings is 2. The van der Waals surface area contributed by atoms with Crippen LogP contribution in [-0.4, -0.2) is 42.3 Å². The van der Waals surface area contributed by atoms with Gasteiger partial charge in [-0.15, -0.1) is 0 Å². The van der Waals surface area contributed by atoms with Gasteiger partial charge in [0.15, 0.2) is 0 Å². The van der Waals surface area contributed by atoms with E-state index >= 15 is 0 Å². The van der Waals surface area contributed by atoms with E-state index in [4.69, 9.17) is 4.74 Å². The molecule has 3 rings (SSSR count). The molecule has 0 spiro atoms. The van der Waals surface area contributed by atoms with Crippen molar-refractivity contribution in [2.75, 3.05) is 24.5 Å². The van der Waals surface area contributed by atoms with Crippen LogP contribution in [0.15, 0.2) is 54.6 Å². The summed E-state index contributed by atoms with van der Waals surface area (Å²) in [5, 5.41) is 0. The van der Waals surface area contributed by atoms with Crippen molar-refractivity contribution in [3.8, 4) is 11.1 Å². The van der Waals surface area contributed by atoms with Gasteiger partial charge in [0.25, 0.3) is 0 Å². The predicted octanol–water partition coefficient (Wildman–Crippen LogP) is 4.80. The van der Waals surface area contributed by atoms with Gasteiger partial charge in [0, 0.05) is 31.4 Å². The molecule has 0 saturated carbocycles. The number of rotatable bonds is 2. The predicted molar refractivity (Wildman–Crippen MR) is 106 cm³/mol. The van der Waals surface area contributed by atoms with Crippen LogP contribution < -0.4 is 4.90 Å². The van der Waals surface area contributed by atoms with Gasteiger partial charge < -0.3 is 14.5 Å². The van der Waals surface area contributed by atoms with Crippen LogP contribution in [0.5, 0.6) is 0 Å². The van der Waals surface area contributed by atoms with Crippen LogP contribution >= 0.6 is 0 Å². The fourth-order valence-electron chi connectivity index (χ4n) is 3.30. The Hall–Kier alpha value is -2.49. The SMILES string of the molecule is CC1CN(c2cccc(-c3ccccc3)c2)CCN1C(=O)OC(C)(C)C. The number of anilines is 1. The van der Waals surface area contributed by atoms with Crippen LogP contribution in [0.25, 0.3) is 11.1 Å². The maximum Gasteiger partial charge on any atom is 0.410 e. The molecule has 4 nitrogen and oxygen atoms in total. The number of nitrogens with zero attached hydrogens (tertiary/aromatic N) is 2. The highest BCUT2D eigenvalue weighted by Gasteiger charge is 2.30. The van der Waals surface area contributed by atoms with E-state index in [9.17, 15) is 4.79 Å². The smallest absolute Gasteiger partial charge is 0.410 e. The summed E-state index contributed by atoms with van der Waals surface area (Å²) in [6.45, 7) is 10.1. The molecule has 1 saturated heterocycles. The molecule has 1 aliphatic heterocycles. The second kappa shape index (κ2) is 7.40. The van der Waals surface area contributed by atoms with Crippen molar-refractivity contribution in [1.29, 1.82) is 0 Å². The quantitative estimate of drug-likeness (QED) is 0.778. The van der Waals surface area contributed by atoms with Crippen molar-refractivity contribution in [2.24, 2.45) is 0 Å². The molecule has 1 unspecified atom stereocenters. The summed E-state index contributed by atoms with van der Waals surface area (Å²) < 4.78 is 5.53. The molecule has 4 heteroatoms. The maximum absolute atomic E-state index is 12.4. The first-order valence-corrected chi connectivity index (χ1v) is 9.23. The maximum atomic E-state index is 12.4. The van der Waals surface area contributed by atoms with Crippen LogP contribution in [0.2, 0.25) is 0 Å². The zero-order chi connectivity index (χ0) is 18.7. The Kier molecular flexibility index (Phi) is 5.21. The van der Waals surface area contributed by atoms with Crippen molar-refractivity contribution in [3.63, 3.8) is 0 Å². The summed E-state index contributed by atoms with van der Waals surface area (Å²) in [7, 11) is 0. The summed E-state index contributed by atoms with van der Waals surface area (Å²) in [4.78, 5) is 16.6. The van der Waals surface area contributed by atoms with Crippen molar-refractivity contribution < 1.29 is 9.53 Å². The van der Waals surface area contributed by atoms with E-state index in [1.54, 1.807) is 0 Å². The first-order valence-electron chi connectivity index (χ1n) is 9.23. The summed E-state index contributed by atoms with van der Waals surface area (Å²) >= 11 is 0. The summed E-state index contributed by atoms with van der Waals surface area (Å²) in [5.41, 5.74) is 3.17. The van der Waals surface area contributed by atoms with Crippen LogP contribution in [-0.2, 0) is 4.74 Å². The minimum atomic E-state index is -0.460. The van der Waals surface area contributed by atoms with E-state index in [1.165, 1.54) is 16.8 Å². The topological polar surface area (TPSA) is 32.8 Å². The Balaban J connectivity index is 1.70. The molecule has 26 heavy (non-hydrogen) atoms. The number of hydrogen-bond donors (Lipinski definition) is 0. The number of piperazine rings is 1. The molecule has 2 aromatic carbocycles. The molecule has 2 aromatic rings. The van der Waals surface area contributed by atoms with Crippen LogP contribution in [0.3, 0.4) is 0 Å². The Labute approximate surface area is 156 Å². The molecule has 0 bridgehead atoms. The molecule has 138 valence electrons. The summed E-state index contributed by atoms with van der Waals surface area (Å²) in [6, 6.07) is 19.1. The van der Waals surface area contributed by atoms with Crippen LogP contribution in [0.4, 0.5) is 10.5 Å². The van der Waals surface area contributed by atoms with Crippen molar-refractivity contribution in [1.82, 2.24) is 4.90 Å². The lowest BCUT2D eigenvalue weighted by Crippen LogP contribution is -2.55. The molecule has 1 aliphatic rings. The number of amides is 1. The lowest BCUT2D eigenvalue weighted by molar-refractivity contribution is 0.0159. The summed E-state index contributed by atoms with van der Waals surface area (Å²) in [5.74, 6) is 0. The van der Waals surface area contributed by atoms with Gasteiger partial charge in [0.05, 0.1) is 0 Å². The van der Waals surface area contributed by atoms with E-state index in [2.05, 4.69) is 60.4 Å². The first-order chi connectivity index (χ1) is 12.3. The van der Waals surface area contributed by atoms with Gasteiger partial charge in [-0.1, -0.05) is 42.5 Å². The van der Waals surface area contributed by atoms with Gasteiger partial charge in [-0.05, 0) is 51.0 Å². The number of hydrogen-bond acceptors (Lipinski definition) is 3. The van der Waals surface area contributed by atoms with E-state index in [0.29, 0.717) is 6.54 Å². The molecule has 0 N–H and O–H groups in total. The highest BCUT2D eigenvalue weighted by Crippen LogP contribution is 2.26. The van der Waals surface area contributed by atoms with Gasteiger partial charge in [-0.2, -0.15) is 0 Å². The molecule has 0 aliphatic carbocycles. The Morgan fingerprint density at radius 3 is 2.35 bits per heavy atom. The minimum absolute atomic E-state index is 0.110. The first kappa shape index (κ1) is 18.3. The van der Waals surface area contributed by atoms with Crippen LogP contribution in [0, 0.1) is 0 Å². The van der Waals surface area contributed by atoms with E-state index < -0.39 is 5.60 Å². The number of carbonyl (C=O) groups is 1. The molecule has 0 radical (unpaired) electrons. The fourth-order valence-corrected chi connectivity index (χ4v) is 3.30. The molecule has 1 atom stereocenters. The largest absolute Gasteiger partial charge is 0.444 e. The molecular formula is C22H28N2O2. The molecule has 0 aromatic heterocycles. The van der Waals surface area contributed by atoms with E-state index in [0.717, 1.165) is 13.1 Å². The Morgan fingerprint density at radius 1 is 1.00 bits per heavy atom. The lowest BCUT2D eigenvalue weighted by atomic mass is 10.0. The third-order valence-corrected chi connectivity index (χ3v) is 4.57. The number of ether oxygens (including phenoxy) is 1. The minimum Gasteiger partial charge on any atom is -0.444 e. The van der Waals surface area contributed by atoms with Gasteiger partial charge in [-0.25, -0.2) is 4.79 Å². The average molecular weight is 352 g/mol. The van der Waals surface area contributed by atoms with E-state index in [1.807, 2.05) is 31.7 Å². The summed E-state index contributed by atoms with van der Waals surface area (Å²) in [6.07, 6.45) is -0.220. The number of carbonyl (C=O) groups excluding carboxylic acids is 1. The van der Waals surface area contributed by atoms with Crippen molar-refractivity contribution >= 4 is 11.8 Å². The molecule has 1 heterocycles. The van der Waals surface area contributed by atoms with Gasteiger partial charge in [-0.3, -0.25) is 0 Å². The van der Waals surface area contributed by atoms with E-state index in [-0.39, 0.29) is 12.1 Å².